The second kappa shape index (κ2) is 11.2. The van der Waals surface area contributed by atoms with Gasteiger partial charge in [-0.1, -0.05) is 70.6 Å². The number of thioether (sulfide) groups is 1. The van der Waals surface area contributed by atoms with Gasteiger partial charge in [-0.3, -0.25) is 0 Å². The molecule has 0 aliphatic heterocycles. The van der Waals surface area contributed by atoms with E-state index in [0.29, 0.717) is 5.25 Å². The average Bonchev–Trinajstić information content (AvgIpc) is 2.47. The van der Waals surface area contributed by atoms with E-state index in [2.05, 4.69) is 38.1 Å². The van der Waals surface area contributed by atoms with Crippen molar-refractivity contribution in [2.75, 3.05) is 0 Å². The van der Waals surface area contributed by atoms with E-state index in [1.54, 1.807) is 0 Å². The Hall–Kier alpha value is -0.470. The van der Waals surface area contributed by atoms with Gasteiger partial charge >= 0.3 is 0 Å². The molecule has 0 aliphatic rings. The highest BCUT2D eigenvalue weighted by Crippen LogP contribution is 2.30. The molecule has 1 aromatic rings. The maximum absolute atomic E-state index is 10.5. The van der Waals surface area contributed by atoms with Gasteiger partial charge in [-0.2, -0.15) is 0 Å². The summed E-state index contributed by atoms with van der Waals surface area (Å²) in [7, 11) is 0. The zero-order chi connectivity index (χ0) is 14.6. The summed E-state index contributed by atoms with van der Waals surface area (Å²) in [6.45, 7) is 4.45. The molecule has 2 heteroatoms. The maximum atomic E-state index is 10.5. The highest BCUT2D eigenvalue weighted by Gasteiger charge is 2.19. The lowest BCUT2D eigenvalue weighted by atomic mass is 10.0. The third-order valence-electron chi connectivity index (χ3n) is 3.66. The normalized spacial score (nSPS) is 14.2. The van der Waals surface area contributed by atoms with Gasteiger partial charge in [0.1, 0.15) is 0 Å². The Balaban J connectivity index is 2.49. The van der Waals surface area contributed by atoms with Crippen LogP contribution in [0.25, 0.3) is 0 Å². The molecule has 0 saturated carbocycles. The average molecular weight is 295 g/mol. The van der Waals surface area contributed by atoms with Gasteiger partial charge in [0, 0.05) is 10.1 Å². The molecule has 0 bridgehead atoms. The molecule has 0 fully saturated rings. The van der Waals surface area contributed by atoms with Crippen LogP contribution in [0.3, 0.4) is 0 Å². The number of aliphatic hydroxyl groups is 1. The fourth-order valence-electron chi connectivity index (χ4n) is 2.39. The summed E-state index contributed by atoms with van der Waals surface area (Å²) < 4.78 is 0. The Morgan fingerprint density at radius 1 is 0.900 bits per heavy atom. The molecule has 1 N–H and O–H groups in total. The van der Waals surface area contributed by atoms with Crippen molar-refractivity contribution in [3.05, 3.63) is 30.3 Å². The van der Waals surface area contributed by atoms with Gasteiger partial charge in [-0.05, 0) is 25.0 Å². The number of hydrogen-bond acceptors (Lipinski definition) is 2. The summed E-state index contributed by atoms with van der Waals surface area (Å²) in [6.07, 6.45) is 9.26. The highest BCUT2D eigenvalue weighted by atomic mass is 32.2. The van der Waals surface area contributed by atoms with Crippen molar-refractivity contribution in [2.45, 2.75) is 81.5 Å². The summed E-state index contributed by atoms with van der Waals surface area (Å²) in [5.41, 5.74) is 0. The lowest BCUT2D eigenvalue weighted by Gasteiger charge is -2.22. The molecule has 0 aromatic heterocycles. The van der Waals surface area contributed by atoms with Crippen molar-refractivity contribution in [2.24, 2.45) is 0 Å². The third-order valence-corrected chi connectivity index (χ3v) is 5.05. The van der Waals surface area contributed by atoms with E-state index < -0.39 is 0 Å². The summed E-state index contributed by atoms with van der Waals surface area (Å²) in [5, 5.41) is 10.8. The molecule has 114 valence electrons. The molecule has 0 heterocycles. The van der Waals surface area contributed by atoms with Gasteiger partial charge in [0.25, 0.3) is 0 Å². The molecule has 1 nitrogen and oxygen atoms in total. The zero-order valence-electron chi connectivity index (χ0n) is 13.1. The fourth-order valence-corrected chi connectivity index (χ4v) is 3.63. The molecule has 0 radical (unpaired) electrons. The van der Waals surface area contributed by atoms with E-state index in [0.717, 1.165) is 19.3 Å². The molecule has 1 rings (SSSR count). The Bertz CT molecular complexity index is 325. The molecular formula is C18H30OS. The van der Waals surface area contributed by atoms with Crippen molar-refractivity contribution in [3.8, 4) is 0 Å². The summed E-state index contributed by atoms with van der Waals surface area (Å²) in [6, 6.07) is 10.5. The minimum absolute atomic E-state index is 0.163. The van der Waals surface area contributed by atoms with E-state index in [-0.39, 0.29) is 6.10 Å². The van der Waals surface area contributed by atoms with E-state index in [1.165, 1.54) is 37.0 Å². The van der Waals surface area contributed by atoms with Crippen LogP contribution in [-0.4, -0.2) is 16.5 Å². The number of hydrogen-bond donors (Lipinski definition) is 1. The lowest BCUT2D eigenvalue weighted by Crippen LogP contribution is -2.23. The summed E-state index contributed by atoms with van der Waals surface area (Å²) >= 11 is 1.86. The molecule has 2 atom stereocenters. The van der Waals surface area contributed by atoms with Gasteiger partial charge in [0.15, 0.2) is 0 Å². The summed E-state index contributed by atoms with van der Waals surface area (Å²) in [4.78, 5) is 1.28. The first-order valence-corrected chi connectivity index (χ1v) is 9.05. The van der Waals surface area contributed by atoms with Crippen molar-refractivity contribution in [1.82, 2.24) is 0 Å². The minimum atomic E-state index is -0.163. The van der Waals surface area contributed by atoms with E-state index in [1.807, 2.05) is 17.8 Å². The number of benzene rings is 1. The molecule has 20 heavy (non-hydrogen) atoms. The third kappa shape index (κ3) is 7.35. The van der Waals surface area contributed by atoms with Gasteiger partial charge in [-0.15, -0.1) is 11.8 Å². The van der Waals surface area contributed by atoms with Crippen LogP contribution in [0.1, 0.15) is 65.2 Å². The van der Waals surface area contributed by atoms with Crippen molar-refractivity contribution < 1.29 is 5.11 Å². The Kier molecular flexibility index (Phi) is 9.86. The number of unbranched alkanes of at least 4 members (excludes halogenated alkanes) is 4. The molecule has 0 saturated heterocycles. The van der Waals surface area contributed by atoms with Crippen LogP contribution in [0.15, 0.2) is 35.2 Å². The molecule has 0 spiro atoms. The SMILES string of the molecule is CCCCC[C@@H](O)[C@H](CCCCC)Sc1ccccc1. The van der Waals surface area contributed by atoms with Crippen molar-refractivity contribution >= 4 is 11.8 Å². The molecule has 0 amide bonds. The van der Waals surface area contributed by atoms with Crippen molar-refractivity contribution in [1.29, 1.82) is 0 Å². The van der Waals surface area contributed by atoms with E-state index in [9.17, 15) is 5.11 Å². The smallest absolute Gasteiger partial charge is 0.0662 e. The monoisotopic (exact) mass is 294 g/mol. The van der Waals surface area contributed by atoms with Crippen LogP contribution in [0.5, 0.6) is 0 Å². The van der Waals surface area contributed by atoms with Gasteiger partial charge in [0.05, 0.1) is 6.10 Å². The predicted octanol–water partition coefficient (Wildman–Crippen LogP) is 5.67. The van der Waals surface area contributed by atoms with E-state index in [4.69, 9.17) is 0 Å². The number of rotatable bonds is 11. The van der Waals surface area contributed by atoms with Gasteiger partial charge < -0.3 is 5.11 Å². The topological polar surface area (TPSA) is 20.2 Å². The zero-order valence-corrected chi connectivity index (χ0v) is 13.9. The van der Waals surface area contributed by atoms with Crippen LogP contribution >= 0.6 is 11.8 Å². The molecular weight excluding hydrogens is 264 g/mol. The van der Waals surface area contributed by atoms with Crippen LogP contribution in [0, 0.1) is 0 Å². The molecule has 1 aromatic carbocycles. The Morgan fingerprint density at radius 3 is 2.10 bits per heavy atom. The predicted molar refractivity (Wildman–Crippen MR) is 90.4 cm³/mol. The Morgan fingerprint density at radius 2 is 1.50 bits per heavy atom. The summed E-state index contributed by atoms with van der Waals surface area (Å²) in [5.74, 6) is 0. The first-order valence-electron chi connectivity index (χ1n) is 8.17. The molecule has 0 unspecified atom stereocenters. The number of aliphatic hydroxyl groups excluding tert-OH is 1. The van der Waals surface area contributed by atoms with Crippen LogP contribution < -0.4 is 0 Å². The second-order valence-electron chi connectivity index (χ2n) is 5.53. The Labute approximate surface area is 129 Å². The van der Waals surface area contributed by atoms with Gasteiger partial charge in [-0.25, -0.2) is 0 Å². The van der Waals surface area contributed by atoms with E-state index >= 15 is 0 Å². The highest BCUT2D eigenvalue weighted by molar-refractivity contribution is 8.00. The van der Waals surface area contributed by atoms with Crippen LogP contribution in [-0.2, 0) is 0 Å². The first-order chi connectivity index (χ1) is 9.77. The fraction of sp³-hybridized carbons (Fsp3) is 0.667. The van der Waals surface area contributed by atoms with Crippen LogP contribution in [0.4, 0.5) is 0 Å². The minimum Gasteiger partial charge on any atom is -0.392 e. The standard InChI is InChI=1S/C18H30OS/c1-3-5-8-14-17(19)18(15-9-6-4-2)20-16-12-10-7-11-13-16/h7,10-13,17-19H,3-6,8-9,14-15H2,1-2H3/t17-,18+/m1/s1. The largest absolute Gasteiger partial charge is 0.392 e. The quantitative estimate of drug-likeness (QED) is 0.419. The second-order valence-corrected chi connectivity index (χ2v) is 6.84. The molecule has 0 aliphatic carbocycles. The maximum Gasteiger partial charge on any atom is 0.0662 e. The van der Waals surface area contributed by atoms with Crippen molar-refractivity contribution in [3.63, 3.8) is 0 Å². The lowest BCUT2D eigenvalue weighted by molar-refractivity contribution is 0.153. The van der Waals surface area contributed by atoms with Gasteiger partial charge in [0.2, 0.25) is 0 Å². The first kappa shape index (κ1) is 17.6. The van der Waals surface area contributed by atoms with Crippen LogP contribution in [0.2, 0.25) is 0 Å².